The van der Waals surface area contributed by atoms with E-state index < -0.39 is 11.9 Å². The SMILES string of the molecule is OC(CNc1nc(-c2ccccc2)ns1)c1ccc(Cl)c(F)c1. The van der Waals surface area contributed by atoms with Gasteiger partial charge < -0.3 is 10.4 Å². The first-order chi connectivity index (χ1) is 11.1. The number of nitrogens with zero attached hydrogens (tertiary/aromatic N) is 2. The third-order valence-electron chi connectivity index (χ3n) is 3.23. The average Bonchev–Trinajstić information content (AvgIpc) is 3.05. The summed E-state index contributed by atoms with van der Waals surface area (Å²) >= 11 is 6.84. The van der Waals surface area contributed by atoms with E-state index in [1.807, 2.05) is 30.3 Å². The maximum atomic E-state index is 13.4. The third kappa shape index (κ3) is 3.85. The molecule has 1 heterocycles. The van der Waals surface area contributed by atoms with Gasteiger partial charge in [0.05, 0.1) is 11.1 Å². The Morgan fingerprint density at radius 1 is 1.22 bits per heavy atom. The Balaban J connectivity index is 1.64. The van der Waals surface area contributed by atoms with Crippen LogP contribution in [0.4, 0.5) is 9.52 Å². The van der Waals surface area contributed by atoms with Gasteiger partial charge in [-0.05, 0) is 17.7 Å². The molecule has 0 bridgehead atoms. The summed E-state index contributed by atoms with van der Waals surface area (Å²) in [6.07, 6.45) is -0.870. The second-order valence-corrected chi connectivity index (χ2v) is 6.02. The molecule has 1 unspecified atom stereocenters. The van der Waals surface area contributed by atoms with Gasteiger partial charge in [0.1, 0.15) is 5.82 Å². The molecule has 0 saturated heterocycles. The van der Waals surface area contributed by atoms with Crippen molar-refractivity contribution < 1.29 is 9.50 Å². The summed E-state index contributed by atoms with van der Waals surface area (Å²) in [4.78, 5) is 4.37. The minimum atomic E-state index is -0.870. The zero-order chi connectivity index (χ0) is 16.2. The summed E-state index contributed by atoms with van der Waals surface area (Å²) < 4.78 is 17.7. The zero-order valence-electron chi connectivity index (χ0n) is 11.9. The second kappa shape index (κ2) is 7.04. The van der Waals surface area contributed by atoms with Gasteiger partial charge in [0.15, 0.2) is 5.82 Å². The number of rotatable bonds is 5. The molecule has 3 aromatic rings. The van der Waals surface area contributed by atoms with Gasteiger partial charge in [0.2, 0.25) is 5.13 Å². The summed E-state index contributed by atoms with van der Waals surface area (Å²) in [6, 6.07) is 13.9. The van der Waals surface area contributed by atoms with Gasteiger partial charge in [-0.2, -0.15) is 9.36 Å². The molecule has 118 valence electrons. The van der Waals surface area contributed by atoms with Crippen molar-refractivity contribution in [2.24, 2.45) is 0 Å². The Morgan fingerprint density at radius 2 is 2.00 bits per heavy atom. The van der Waals surface area contributed by atoms with E-state index in [-0.39, 0.29) is 11.6 Å². The van der Waals surface area contributed by atoms with Crippen LogP contribution in [0.15, 0.2) is 48.5 Å². The van der Waals surface area contributed by atoms with E-state index in [9.17, 15) is 9.50 Å². The van der Waals surface area contributed by atoms with E-state index in [0.29, 0.717) is 16.5 Å². The highest BCUT2D eigenvalue weighted by atomic mass is 35.5. The van der Waals surface area contributed by atoms with Crippen molar-refractivity contribution in [2.75, 3.05) is 11.9 Å². The molecule has 0 aliphatic carbocycles. The highest BCUT2D eigenvalue weighted by molar-refractivity contribution is 7.09. The number of benzene rings is 2. The number of halogens is 2. The molecule has 0 amide bonds. The molecule has 0 aliphatic heterocycles. The molecular weight excluding hydrogens is 337 g/mol. The van der Waals surface area contributed by atoms with Crippen LogP contribution in [-0.2, 0) is 0 Å². The molecule has 0 spiro atoms. The van der Waals surface area contributed by atoms with Gasteiger partial charge in [0.25, 0.3) is 0 Å². The lowest BCUT2D eigenvalue weighted by atomic mass is 10.1. The fourth-order valence-electron chi connectivity index (χ4n) is 2.02. The van der Waals surface area contributed by atoms with Crippen molar-refractivity contribution in [3.05, 3.63) is 64.9 Å². The predicted molar refractivity (Wildman–Crippen MR) is 90.2 cm³/mol. The van der Waals surface area contributed by atoms with Gasteiger partial charge in [-0.15, -0.1) is 0 Å². The van der Waals surface area contributed by atoms with Crippen molar-refractivity contribution in [1.29, 1.82) is 0 Å². The van der Waals surface area contributed by atoms with Crippen LogP contribution in [0.1, 0.15) is 11.7 Å². The maximum Gasteiger partial charge on any atom is 0.202 e. The summed E-state index contributed by atoms with van der Waals surface area (Å²) in [7, 11) is 0. The van der Waals surface area contributed by atoms with Crippen LogP contribution in [0.5, 0.6) is 0 Å². The molecule has 3 rings (SSSR count). The lowest BCUT2D eigenvalue weighted by Gasteiger charge is -2.11. The number of aliphatic hydroxyl groups excluding tert-OH is 1. The summed E-state index contributed by atoms with van der Waals surface area (Å²) in [5.74, 6) is 0.0793. The van der Waals surface area contributed by atoms with Gasteiger partial charge in [0, 0.05) is 23.6 Å². The first-order valence-electron chi connectivity index (χ1n) is 6.89. The Bertz CT molecular complexity index is 797. The maximum absolute atomic E-state index is 13.4. The molecule has 2 N–H and O–H groups in total. The van der Waals surface area contributed by atoms with Crippen LogP contribution in [-0.4, -0.2) is 21.0 Å². The second-order valence-electron chi connectivity index (χ2n) is 4.86. The van der Waals surface area contributed by atoms with Crippen LogP contribution in [0.3, 0.4) is 0 Å². The van der Waals surface area contributed by atoms with E-state index >= 15 is 0 Å². The molecule has 7 heteroatoms. The Kier molecular flexibility index (Phi) is 4.85. The zero-order valence-corrected chi connectivity index (χ0v) is 13.5. The van der Waals surface area contributed by atoms with E-state index in [2.05, 4.69) is 14.7 Å². The third-order valence-corrected chi connectivity index (χ3v) is 4.21. The lowest BCUT2D eigenvalue weighted by molar-refractivity contribution is 0.191. The van der Waals surface area contributed by atoms with Crippen molar-refractivity contribution in [3.63, 3.8) is 0 Å². The number of aromatic nitrogens is 2. The molecular formula is C16H13ClFN3OS. The van der Waals surface area contributed by atoms with Crippen LogP contribution in [0.2, 0.25) is 5.02 Å². The van der Waals surface area contributed by atoms with E-state index in [1.54, 1.807) is 6.07 Å². The van der Waals surface area contributed by atoms with Gasteiger partial charge >= 0.3 is 0 Å². The lowest BCUT2D eigenvalue weighted by Crippen LogP contribution is -2.12. The van der Waals surface area contributed by atoms with E-state index in [1.165, 1.54) is 23.7 Å². The largest absolute Gasteiger partial charge is 0.387 e. The van der Waals surface area contributed by atoms with E-state index in [4.69, 9.17) is 11.6 Å². The summed E-state index contributed by atoms with van der Waals surface area (Å²) in [5, 5.41) is 13.7. The average molecular weight is 350 g/mol. The number of hydrogen-bond donors (Lipinski definition) is 2. The molecule has 0 aliphatic rings. The van der Waals surface area contributed by atoms with Gasteiger partial charge in [-0.25, -0.2) is 4.39 Å². The highest BCUT2D eigenvalue weighted by Gasteiger charge is 2.12. The van der Waals surface area contributed by atoms with Crippen molar-refractivity contribution >= 4 is 28.3 Å². The smallest absolute Gasteiger partial charge is 0.202 e. The van der Waals surface area contributed by atoms with Crippen LogP contribution in [0, 0.1) is 5.82 Å². The quantitative estimate of drug-likeness (QED) is 0.726. The molecule has 2 aromatic carbocycles. The fourth-order valence-corrected chi connectivity index (χ4v) is 2.73. The molecule has 1 atom stereocenters. The van der Waals surface area contributed by atoms with Crippen molar-refractivity contribution in [3.8, 4) is 11.4 Å². The highest BCUT2D eigenvalue weighted by Crippen LogP contribution is 2.23. The molecule has 23 heavy (non-hydrogen) atoms. The Morgan fingerprint density at radius 3 is 2.74 bits per heavy atom. The Labute approximate surface area is 141 Å². The van der Waals surface area contributed by atoms with Crippen LogP contribution in [0.25, 0.3) is 11.4 Å². The van der Waals surface area contributed by atoms with Crippen molar-refractivity contribution in [1.82, 2.24) is 9.36 Å². The number of hydrogen-bond acceptors (Lipinski definition) is 5. The summed E-state index contributed by atoms with van der Waals surface area (Å²) in [5.41, 5.74) is 1.38. The minimum Gasteiger partial charge on any atom is -0.387 e. The molecule has 1 aromatic heterocycles. The molecule has 4 nitrogen and oxygen atoms in total. The minimum absolute atomic E-state index is 0.0329. The molecule has 0 fully saturated rings. The van der Waals surface area contributed by atoms with Crippen LogP contribution >= 0.6 is 23.1 Å². The fraction of sp³-hybridized carbons (Fsp3) is 0.125. The number of anilines is 1. The molecule has 0 radical (unpaired) electrons. The number of aliphatic hydroxyl groups is 1. The van der Waals surface area contributed by atoms with E-state index in [0.717, 1.165) is 5.56 Å². The predicted octanol–water partition coefficient (Wildman–Crippen LogP) is 4.14. The van der Waals surface area contributed by atoms with Crippen molar-refractivity contribution in [2.45, 2.75) is 6.10 Å². The monoisotopic (exact) mass is 349 g/mol. The van der Waals surface area contributed by atoms with Crippen LogP contribution < -0.4 is 5.32 Å². The number of nitrogens with one attached hydrogen (secondary N) is 1. The Hall–Kier alpha value is -2.02. The first-order valence-corrected chi connectivity index (χ1v) is 8.04. The first kappa shape index (κ1) is 15.9. The normalized spacial score (nSPS) is 12.1. The standard InChI is InChI=1S/C16H13ClFN3OS/c17-12-7-6-11(8-13(12)18)14(22)9-19-16-20-15(21-23-16)10-4-2-1-3-5-10/h1-8,14,22H,9H2,(H,19,20,21). The van der Waals surface area contributed by atoms with Gasteiger partial charge in [-0.1, -0.05) is 48.0 Å². The topological polar surface area (TPSA) is 58.0 Å². The summed E-state index contributed by atoms with van der Waals surface area (Å²) in [6.45, 7) is 0.199. The molecule has 0 saturated carbocycles. The van der Waals surface area contributed by atoms with Gasteiger partial charge in [-0.3, -0.25) is 0 Å².